The highest BCUT2D eigenvalue weighted by Gasteiger charge is 2.15. The van der Waals surface area contributed by atoms with Gasteiger partial charge in [-0.3, -0.25) is 0 Å². The molecule has 0 rings (SSSR count). The molecule has 0 unspecified atom stereocenters. The van der Waals surface area contributed by atoms with E-state index >= 15 is 0 Å². The number of carbonyl (C=O) groups is 1. The lowest BCUT2D eigenvalue weighted by Crippen LogP contribution is -2.27. The van der Waals surface area contributed by atoms with Gasteiger partial charge in [0, 0.05) is 12.5 Å². The first-order valence-electron chi connectivity index (χ1n) is 7.78. The van der Waals surface area contributed by atoms with E-state index in [0.717, 1.165) is 22.8 Å². The van der Waals surface area contributed by atoms with Crippen molar-refractivity contribution in [3.8, 4) is 0 Å². The lowest BCUT2D eigenvalue weighted by atomic mass is 10.0. The minimum Gasteiger partial charge on any atom is -0.478 e. The Hall–Kier alpha value is -1.95. The van der Waals surface area contributed by atoms with Gasteiger partial charge in [-0.25, -0.2) is 4.79 Å². The summed E-state index contributed by atoms with van der Waals surface area (Å²) in [6, 6.07) is 0. The van der Waals surface area contributed by atoms with E-state index in [1.54, 1.807) is 26.0 Å². The van der Waals surface area contributed by atoms with Crippen LogP contribution in [0.5, 0.6) is 0 Å². The van der Waals surface area contributed by atoms with Crippen molar-refractivity contribution in [2.24, 2.45) is 0 Å². The third kappa shape index (κ3) is 11.6. The van der Waals surface area contributed by atoms with Crippen LogP contribution in [0, 0.1) is 0 Å². The molecule has 0 aromatic heterocycles. The van der Waals surface area contributed by atoms with Gasteiger partial charge in [0.15, 0.2) is 0 Å². The SMILES string of the molecule is CC(=CC=CC(C)=C[C@H](O)[C@@H](O)C[C@H](C)O)C=C(C)C=CC(=O)O. The lowest BCUT2D eigenvalue weighted by molar-refractivity contribution is -0.131. The van der Waals surface area contributed by atoms with E-state index in [2.05, 4.69) is 0 Å². The summed E-state index contributed by atoms with van der Waals surface area (Å²) in [4.78, 5) is 10.4. The molecule has 0 fully saturated rings. The molecule has 0 heterocycles. The molecular formula is C19H28O5. The van der Waals surface area contributed by atoms with E-state index in [4.69, 9.17) is 5.11 Å². The van der Waals surface area contributed by atoms with Crippen LogP contribution in [0.2, 0.25) is 0 Å². The Balaban J connectivity index is 4.74. The minimum absolute atomic E-state index is 0.113. The smallest absolute Gasteiger partial charge is 0.328 e. The van der Waals surface area contributed by atoms with Crippen molar-refractivity contribution in [1.29, 1.82) is 0 Å². The molecule has 5 heteroatoms. The predicted octanol–water partition coefficient (Wildman–Crippen LogP) is 2.51. The summed E-state index contributed by atoms with van der Waals surface area (Å²) in [5.41, 5.74) is 2.55. The van der Waals surface area contributed by atoms with Crippen LogP contribution in [-0.4, -0.2) is 44.7 Å². The third-order valence-electron chi connectivity index (χ3n) is 3.07. The minimum atomic E-state index is -1.03. The summed E-state index contributed by atoms with van der Waals surface area (Å²) in [6.45, 7) is 7.06. The predicted molar refractivity (Wildman–Crippen MR) is 95.5 cm³/mol. The van der Waals surface area contributed by atoms with Crippen molar-refractivity contribution in [3.05, 3.63) is 59.3 Å². The molecule has 0 aliphatic rings. The maximum atomic E-state index is 10.4. The molecule has 0 aliphatic heterocycles. The van der Waals surface area contributed by atoms with Crippen molar-refractivity contribution < 1.29 is 25.2 Å². The van der Waals surface area contributed by atoms with Gasteiger partial charge < -0.3 is 20.4 Å². The summed E-state index contributed by atoms with van der Waals surface area (Å²) < 4.78 is 0. The number of aliphatic carboxylic acids is 1. The maximum absolute atomic E-state index is 10.4. The Morgan fingerprint density at radius 2 is 1.58 bits per heavy atom. The van der Waals surface area contributed by atoms with E-state index < -0.39 is 24.3 Å². The molecule has 0 aromatic carbocycles. The topological polar surface area (TPSA) is 98.0 Å². The zero-order chi connectivity index (χ0) is 18.7. The second-order valence-electron chi connectivity index (χ2n) is 5.88. The standard InChI is InChI=1S/C19H28O5/c1-13(10-15(3)8-9-19(23)24)6-5-7-14(2)11-17(21)18(22)12-16(4)20/h5-11,16-18,20-22H,12H2,1-4H3,(H,23,24)/t16-,17-,18-/m0/s1. The molecule has 0 saturated carbocycles. The molecule has 0 spiro atoms. The van der Waals surface area contributed by atoms with E-state index in [1.807, 2.05) is 26.0 Å². The summed E-state index contributed by atoms with van der Waals surface area (Å²) >= 11 is 0. The quantitative estimate of drug-likeness (QED) is 0.383. The summed E-state index contributed by atoms with van der Waals surface area (Å²) in [7, 11) is 0. The Kier molecular flexibility index (Phi) is 10.6. The molecule has 5 nitrogen and oxygen atoms in total. The molecule has 24 heavy (non-hydrogen) atoms. The Bertz CT molecular complexity index is 550. The van der Waals surface area contributed by atoms with Gasteiger partial charge >= 0.3 is 5.97 Å². The van der Waals surface area contributed by atoms with Crippen LogP contribution in [-0.2, 0) is 4.79 Å². The highest BCUT2D eigenvalue weighted by atomic mass is 16.4. The fourth-order valence-electron chi connectivity index (χ4n) is 1.93. The van der Waals surface area contributed by atoms with Gasteiger partial charge in [0.25, 0.3) is 0 Å². The van der Waals surface area contributed by atoms with Gasteiger partial charge in [-0.05, 0) is 27.7 Å². The van der Waals surface area contributed by atoms with Crippen LogP contribution in [0.15, 0.2) is 59.3 Å². The number of aliphatic hydroxyl groups excluding tert-OH is 3. The van der Waals surface area contributed by atoms with Crippen molar-refractivity contribution >= 4 is 5.97 Å². The lowest BCUT2D eigenvalue weighted by Gasteiger charge is -2.16. The van der Waals surface area contributed by atoms with Gasteiger partial charge in [0.1, 0.15) is 0 Å². The first-order chi connectivity index (χ1) is 11.1. The van der Waals surface area contributed by atoms with Crippen molar-refractivity contribution in [3.63, 3.8) is 0 Å². The average molecular weight is 336 g/mol. The maximum Gasteiger partial charge on any atom is 0.328 e. The van der Waals surface area contributed by atoms with Gasteiger partial charge in [-0.15, -0.1) is 0 Å². The first-order valence-corrected chi connectivity index (χ1v) is 7.78. The number of hydrogen-bond acceptors (Lipinski definition) is 4. The van der Waals surface area contributed by atoms with Gasteiger partial charge in [0.2, 0.25) is 0 Å². The number of aliphatic hydroxyl groups is 3. The molecule has 134 valence electrons. The molecule has 0 radical (unpaired) electrons. The average Bonchev–Trinajstić information content (AvgIpc) is 2.44. The molecule has 0 aromatic rings. The number of carboxylic acids is 1. The zero-order valence-corrected chi connectivity index (χ0v) is 14.7. The number of allylic oxidation sites excluding steroid dienone is 8. The van der Waals surface area contributed by atoms with Gasteiger partial charge in [-0.2, -0.15) is 0 Å². The fourth-order valence-corrected chi connectivity index (χ4v) is 1.93. The normalized spacial score (nSPS) is 18.2. The monoisotopic (exact) mass is 336 g/mol. The molecule has 0 amide bonds. The van der Waals surface area contributed by atoms with E-state index in [1.165, 1.54) is 12.2 Å². The highest BCUT2D eigenvalue weighted by Crippen LogP contribution is 2.08. The fraction of sp³-hybridized carbons (Fsp3) is 0.421. The molecular weight excluding hydrogens is 308 g/mol. The number of rotatable bonds is 9. The van der Waals surface area contributed by atoms with Crippen LogP contribution >= 0.6 is 0 Å². The van der Waals surface area contributed by atoms with Crippen molar-refractivity contribution in [1.82, 2.24) is 0 Å². The summed E-state index contributed by atoms with van der Waals surface area (Å²) in [6.07, 6.45) is 8.85. The number of hydrogen-bond donors (Lipinski definition) is 4. The first kappa shape index (κ1) is 22.1. The van der Waals surface area contributed by atoms with Crippen molar-refractivity contribution in [2.45, 2.75) is 52.4 Å². The zero-order valence-electron chi connectivity index (χ0n) is 14.7. The Morgan fingerprint density at radius 1 is 0.958 bits per heavy atom. The summed E-state index contributed by atoms with van der Waals surface area (Å²) in [5, 5.41) is 37.3. The molecule has 0 bridgehead atoms. The van der Waals surface area contributed by atoms with Crippen LogP contribution in [0.25, 0.3) is 0 Å². The van der Waals surface area contributed by atoms with E-state index in [-0.39, 0.29) is 6.42 Å². The Labute approximate surface area is 143 Å². The largest absolute Gasteiger partial charge is 0.478 e. The second-order valence-corrected chi connectivity index (χ2v) is 5.88. The Morgan fingerprint density at radius 3 is 2.12 bits per heavy atom. The molecule has 3 atom stereocenters. The van der Waals surface area contributed by atoms with E-state index in [0.29, 0.717) is 0 Å². The highest BCUT2D eigenvalue weighted by molar-refractivity contribution is 5.80. The third-order valence-corrected chi connectivity index (χ3v) is 3.07. The van der Waals surface area contributed by atoms with E-state index in [9.17, 15) is 20.1 Å². The van der Waals surface area contributed by atoms with Crippen LogP contribution in [0.1, 0.15) is 34.1 Å². The molecule has 4 N–H and O–H groups in total. The summed E-state index contributed by atoms with van der Waals surface area (Å²) in [5.74, 6) is -0.985. The van der Waals surface area contributed by atoms with Gasteiger partial charge in [0.05, 0.1) is 18.3 Å². The van der Waals surface area contributed by atoms with Crippen LogP contribution < -0.4 is 0 Å². The van der Waals surface area contributed by atoms with Crippen LogP contribution in [0.4, 0.5) is 0 Å². The van der Waals surface area contributed by atoms with Crippen molar-refractivity contribution in [2.75, 3.05) is 0 Å². The molecule has 0 aliphatic carbocycles. The van der Waals surface area contributed by atoms with Crippen LogP contribution in [0.3, 0.4) is 0 Å². The molecule has 0 saturated heterocycles. The van der Waals surface area contributed by atoms with Gasteiger partial charge in [-0.1, -0.05) is 53.2 Å². The number of carboxylic acid groups (broad SMARTS) is 1. The second kappa shape index (κ2) is 11.6.